The van der Waals surface area contributed by atoms with E-state index in [-0.39, 0.29) is 11.7 Å². The van der Waals surface area contributed by atoms with E-state index in [1.54, 1.807) is 13.0 Å². The van der Waals surface area contributed by atoms with Crippen LogP contribution >= 0.6 is 0 Å². The molecule has 0 aliphatic heterocycles. The van der Waals surface area contributed by atoms with Crippen LogP contribution in [-0.2, 0) is 11.2 Å². The van der Waals surface area contributed by atoms with Crippen molar-refractivity contribution in [3.63, 3.8) is 0 Å². The van der Waals surface area contributed by atoms with Crippen molar-refractivity contribution < 1.29 is 13.9 Å². The Hall–Kier alpha value is -1.62. The van der Waals surface area contributed by atoms with Gasteiger partial charge >= 0.3 is 0 Å². The Kier molecular flexibility index (Phi) is 5.58. The Labute approximate surface area is 106 Å². The third-order valence-corrected chi connectivity index (χ3v) is 2.45. The lowest BCUT2D eigenvalue weighted by Crippen LogP contribution is -2.36. The molecule has 3 N–H and O–H groups in total. The smallest absolute Gasteiger partial charge is 0.260 e. The molecule has 1 unspecified atom stereocenters. The zero-order chi connectivity index (χ0) is 13.5. The zero-order valence-corrected chi connectivity index (χ0v) is 10.7. The van der Waals surface area contributed by atoms with Crippen LogP contribution in [0.3, 0.4) is 0 Å². The molecule has 5 heteroatoms. The fourth-order valence-electron chi connectivity index (χ4n) is 1.52. The third-order valence-electron chi connectivity index (χ3n) is 2.45. The topological polar surface area (TPSA) is 64.3 Å². The van der Waals surface area contributed by atoms with E-state index in [4.69, 9.17) is 10.5 Å². The minimum Gasteiger partial charge on any atom is -0.478 e. The second-order valence-electron chi connectivity index (χ2n) is 3.96. The highest BCUT2D eigenvalue weighted by molar-refractivity contribution is 5.80. The molecule has 0 aliphatic rings. The molecule has 0 bridgehead atoms. The molecule has 1 rings (SSSR count). The van der Waals surface area contributed by atoms with Gasteiger partial charge in [-0.3, -0.25) is 4.79 Å². The van der Waals surface area contributed by atoms with Crippen LogP contribution in [0, 0.1) is 5.82 Å². The summed E-state index contributed by atoms with van der Waals surface area (Å²) in [6, 6.07) is 4.65. The summed E-state index contributed by atoms with van der Waals surface area (Å²) in [4.78, 5) is 11.5. The van der Waals surface area contributed by atoms with E-state index < -0.39 is 11.9 Å². The molecule has 0 aliphatic carbocycles. The molecule has 0 fully saturated rings. The number of carbonyl (C=O) groups is 1. The Morgan fingerprint density at radius 2 is 2.28 bits per heavy atom. The van der Waals surface area contributed by atoms with Gasteiger partial charge in [0, 0.05) is 6.54 Å². The van der Waals surface area contributed by atoms with E-state index in [0.717, 1.165) is 5.56 Å². The molecule has 1 aromatic carbocycles. The predicted molar refractivity (Wildman–Crippen MR) is 67.9 cm³/mol. The summed E-state index contributed by atoms with van der Waals surface area (Å²) in [6.07, 6.45) is -0.108. The minimum absolute atomic E-state index is 0.0783. The Bertz CT molecular complexity index is 410. The normalized spacial score (nSPS) is 12.0. The van der Waals surface area contributed by atoms with E-state index in [1.807, 2.05) is 6.92 Å². The monoisotopic (exact) mass is 254 g/mol. The van der Waals surface area contributed by atoms with Crippen molar-refractivity contribution in [1.82, 2.24) is 5.32 Å². The minimum atomic E-state index is -0.722. The molecule has 0 saturated carbocycles. The number of hydrogen-bond acceptors (Lipinski definition) is 3. The first kappa shape index (κ1) is 14.4. The van der Waals surface area contributed by atoms with Gasteiger partial charge in [0.25, 0.3) is 5.91 Å². The zero-order valence-electron chi connectivity index (χ0n) is 10.7. The van der Waals surface area contributed by atoms with Crippen molar-refractivity contribution in [3.05, 3.63) is 29.6 Å². The van der Waals surface area contributed by atoms with Gasteiger partial charge in [0.1, 0.15) is 0 Å². The number of amides is 1. The number of halogens is 1. The van der Waals surface area contributed by atoms with Crippen LogP contribution in [0.25, 0.3) is 0 Å². The van der Waals surface area contributed by atoms with E-state index in [0.29, 0.717) is 19.5 Å². The average molecular weight is 254 g/mol. The first-order chi connectivity index (χ1) is 8.58. The lowest BCUT2D eigenvalue weighted by atomic mass is 10.1. The van der Waals surface area contributed by atoms with Gasteiger partial charge in [0.05, 0.1) is 0 Å². The van der Waals surface area contributed by atoms with Crippen LogP contribution in [0.2, 0.25) is 0 Å². The average Bonchev–Trinajstić information content (AvgIpc) is 2.33. The molecule has 0 spiro atoms. The molecule has 1 atom stereocenters. The Morgan fingerprint density at radius 3 is 2.83 bits per heavy atom. The van der Waals surface area contributed by atoms with E-state index in [9.17, 15) is 9.18 Å². The van der Waals surface area contributed by atoms with Gasteiger partial charge < -0.3 is 15.8 Å². The maximum Gasteiger partial charge on any atom is 0.260 e. The number of hydrogen-bond donors (Lipinski definition) is 2. The lowest BCUT2D eigenvalue weighted by molar-refractivity contribution is -0.127. The van der Waals surface area contributed by atoms with E-state index in [2.05, 4.69) is 5.32 Å². The van der Waals surface area contributed by atoms with Crippen LogP contribution in [0.15, 0.2) is 18.2 Å². The highest BCUT2D eigenvalue weighted by Crippen LogP contribution is 2.19. The first-order valence-electron chi connectivity index (χ1n) is 6.01. The van der Waals surface area contributed by atoms with Crippen LogP contribution in [0.5, 0.6) is 5.75 Å². The number of ether oxygens (including phenoxy) is 1. The van der Waals surface area contributed by atoms with Crippen LogP contribution < -0.4 is 15.8 Å². The van der Waals surface area contributed by atoms with Crippen molar-refractivity contribution in [2.24, 2.45) is 5.73 Å². The maximum absolute atomic E-state index is 13.7. The molecule has 4 nitrogen and oxygen atoms in total. The van der Waals surface area contributed by atoms with Crippen molar-refractivity contribution in [2.75, 3.05) is 13.1 Å². The third kappa shape index (κ3) is 4.00. The standard InChI is InChI=1S/C13H19FN2O2/c1-3-16-13(17)9(2)18-12-5-4-10(6-7-15)8-11(12)14/h4-5,8-9H,3,6-7,15H2,1-2H3,(H,16,17). The molecule has 0 radical (unpaired) electrons. The van der Waals surface area contributed by atoms with Gasteiger partial charge in [-0.25, -0.2) is 4.39 Å². The molecule has 100 valence electrons. The summed E-state index contributed by atoms with van der Waals surface area (Å²) in [5.41, 5.74) is 6.21. The molecule has 1 amide bonds. The van der Waals surface area contributed by atoms with Crippen LogP contribution in [0.4, 0.5) is 4.39 Å². The maximum atomic E-state index is 13.7. The molecular formula is C13H19FN2O2. The molecule has 1 aromatic rings. The molecule has 18 heavy (non-hydrogen) atoms. The van der Waals surface area contributed by atoms with E-state index >= 15 is 0 Å². The van der Waals surface area contributed by atoms with Gasteiger partial charge in [0.15, 0.2) is 17.7 Å². The van der Waals surface area contributed by atoms with Crippen molar-refractivity contribution in [3.8, 4) is 5.75 Å². The molecule has 0 aromatic heterocycles. The SMILES string of the molecule is CCNC(=O)C(C)Oc1ccc(CCN)cc1F. The summed E-state index contributed by atoms with van der Waals surface area (Å²) >= 11 is 0. The second-order valence-corrected chi connectivity index (χ2v) is 3.96. The van der Waals surface area contributed by atoms with E-state index in [1.165, 1.54) is 12.1 Å². The van der Waals surface area contributed by atoms with Crippen LogP contribution in [0.1, 0.15) is 19.4 Å². The number of rotatable bonds is 6. The lowest BCUT2D eigenvalue weighted by Gasteiger charge is -2.15. The number of likely N-dealkylation sites (N-methyl/N-ethyl adjacent to an activating group) is 1. The van der Waals surface area contributed by atoms with Gasteiger partial charge in [0.2, 0.25) is 0 Å². The highest BCUT2D eigenvalue weighted by atomic mass is 19.1. The van der Waals surface area contributed by atoms with Crippen LogP contribution in [-0.4, -0.2) is 25.1 Å². The Balaban J connectivity index is 2.70. The number of nitrogens with one attached hydrogen (secondary N) is 1. The number of carbonyl (C=O) groups excluding carboxylic acids is 1. The van der Waals surface area contributed by atoms with Crippen molar-refractivity contribution >= 4 is 5.91 Å². The summed E-state index contributed by atoms with van der Waals surface area (Å²) < 4.78 is 19.0. The predicted octanol–water partition coefficient (Wildman–Crippen LogP) is 1.23. The quantitative estimate of drug-likeness (QED) is 0.802. The fraction of sp³-hybridized carbons (Fsp3) is 0.462. The molecular weight excluding hydrogens is 235 g/mol. The highest BCUT2D eigenvalue weighted by Gasteiger charge is 2.15. The molecule has 0 saturated heterocycles. The van der Waals surface area contributed by atoms with Crippen molar-refractivity contribution in [1.29, 1.82) is 0 Å². The summed E-state index contributed by atoms with van der Waals surface area (Å²) in [6.45, 7) is 4.38. The second kappa shape index (κ2) is 6.96. The van der Waals surface area contributed by atoms with Gasteiger partial charge in [-0.2, -0.15) is 0 Å². The largest absolute Gasteiger partial charge is 0.478 e. The van der Waals surface area contributed by atoms with Gasteiger partial charge in [-0.1, -0.05) is 6.07 Å². The Morgan fingerprint density at radius 1 is 1.56 bits per heavy atom. The number of benzene rings is 1. The summed E-state index contributed by atoms with van der Waals surface area (Å²) in [7, 11) is 0. The summed E-state index contributed by atoms with van der Waals surface area (Å²) in [5, 5.41) is 2.61. The first-order valence-corrected chi connectivity index (χ1v) is 6.01. The van der Waals surface area contributed by atoms with Gasteiger partial charge in [-0.05, 0) is 44.5 Å². The van der Waals surface area contributed by atoms with Crippen molar-refractivity contribution in [2.45, 2.75) is 26.4 Å². The molecule has 0 heterocycles. The fourth-order valence-corrected chi connectivity index (χ4v) is 1.52. The van der Waals surface area contributed by atoms with Gasteiger partial charge in [-0.15, -0.1) is 0 Å². The summed E-state index contributed by atoms with van der Waals surface area (Å²) in [5.74, 6) is -0.658. The number of nitrogens with two attached hydrogens (primary N) is 1.